The largest absolute Gasteiger partial charge is 0.505 e. The maximum Gasteiger partial charge on any atom is 0.505 e. The van der Waals surface area contributed by atoms with Crippen molar-refractivity contribution < 1.29 is 9.31 Å². The lowest BCUT2D eigenvalue weighted by atomic mass is 9.87. The fourth-order valence-corrected chi connectivity index (χ4v) is 4.42. The maximum atomic E-state index is 6.20. The smallest absolute Gasteiger partial charge is 0.399 e. The molecule has 0 aliphatic carbocycles. The molecule has 1 aromatic carbocycles. The van der Waals surface area contributed by atoms with Gasteiger partial charge in [0.2, 0.25) is 0 Å². The van der Waals surface area contributed by atoms with Crippen molar-refractivity contribution in [3.05, 3.63) is 29.8 Å². The molecule has 1 N–H and O–H groups in total. The summed E-state index contributed by atoms with van der Waals surface area (Å²) in [5.41, 5.74) is 0.801. The first-order valence-corrected chi connectivity index (χ1v) is 9.97. The van der Waals surface area contributed by atoms with Crippen LogP contribution in [0.15, 0.2) is 24.3 Å². The Hall–Kier alpha value is -0.915. The van der Waals surface area contributed by atoms with Gasteiger partial charge in [-0.25, -0.2) is 0 Å². The molecular formula is C19H27BN2O2S. The number of fused-ring (bicyclic) bond motifs is 1. The Bertz CT molecular complexity index is 752. The van der Waals surface area contributed by atoms with E-state index < -0.39 is 0 Å². The van der Waals surface area contributed by atoms with E-state index in [1.165, 1.54) is 15.6 Å². The molecule has 1 aromatic heterocycles. The molecule has 0 radical (unpaired) electrons. The van der Waals surface area contributed by atoms with Crippen LogP contribution < -0.4 is 10.1 Å². The van der Waals surface area contributed by atoms with Crippen molar-refractivity contribution in [3.63, 3.8) is 0 Å². The average Bonchev–Trinajstić information content (AvgIpc) is 3.06. The number of benzene rings is 1. The summed E-state index contributed by atoms with van der Waals surface area (Å²) in [4.78, 5) is 2.51. The molecular weight excluding hydrogens is 331 g/mol. The highest BCUT2D eigenvalue weighted by atomic mass is 32.1. The van der Waals surface area contributed by atoms with Crippen LogP contribution in [-0.2, 0) is 15.9 Å². The van der Waals surface area contributed by atoms with Crippen molar-refractivity contribution in [1.29, 1.82) is 0 Å². The predicted molar refractivity (Wildman–Crippen MR) is 106 cm³/mol. The number of thiophene rings is 1. The van der Waals surface area contributed by atoms with Crippen molar-refractivity contribution in [2.45, 2.75) is 45.4 Å². The van der Waals surface area contributed by atoms with Crippen LogP contribution in [0.3, 0.4) is 0 Å². The zero-order chi connectivity index (χ0) is 17.7. The van der Waals surface area contributed by atoms with Gasteiger partial charge < -0.3 is 14.6 Å². The first kappa shape index (κ1) is 17.5. The van der Waals surface area contributed by atoms with Crippen LogP contribution in [0.5, 0.6) is 0 Å². The third kappa shape index (κ3) is 3.38. The molecule has 2 aromatic rings. The van der Waals surface area contributed by atoms with Gasteiger partial charge in [0, 0.05) is 42.2 Å². The zero-order valence-corrected chi connectivity index (χ0v) is 16.4. The second-order valence-electron chi connectivity index (χ2n) is 8.14. The highest BCUT2D eigenvalue weighted by Crippen LogP contribution is 2.37. The quantitative estimate of drug-likeness (QED) is 0.856. The van der Waals surface area contributed by atoms with E-state index in [9.17, 15) is 0 Å². The summed E-state index contributed by atoms with van der Waals surface area (Å²) >= 11 is 1.78. The molecule has 0 amide bonds. The fraction of sp³-hybridized carbons (Fsp3) is 0.579. The van der Waals surface area contributed by atoms with Crippen LogP contribution in [0.4, 0.5) is 0 Å². The van der Waals surface area contributed by atoms with E-state index in [4.69, 9.17) is 9.31 Å². The summed E-state index contributed by atoms with van der Waals surface area (Å²) in [7, 11) is -0.265. The predicted octanol–water partition coefficient (Wildman–Crippen LogP) is 2.61. The lowest BCUT2D eigenvalue weighted by Gasteiger charge is -2.32. The Labute approximate surface area is 154 Å². The Morgan fingerprint density at radius 3 is 2.44 bits per heavy atom. The second-order valence-corrected chi connectivity index (χ2v) is 9.25. The second kappa shape index (κ2) is 6.36. The summed E-state index contributed by atoms with van der Waals surface area (Å²) in [5, 5.41) is 4.70. The Morgan fingerprint density at radius 2 is 1.76 bits per heavy atom. The number of hydrogen-bond acceptors (Lipinski definition) is 5. The van der Waals surface area contributed by atoms with E-state index >= 15 is 0 Å². The number of nitrogens with zero attached hydrogens (tertiary/aromatic N) is 1. The monoisotopic (exact) mass is 358 g/mol. The molecule has 0 saturated carbocycles. The lowest BCUT2D eigenvalue weighted by Crippen LogP contribution is -2.42. The Kier molecular flexibility index (Phi) is 4.45. The van der Waals surface area contributed by atoms with E-state index in [0.29, 0.717) is 0 Å². The van der Waals surface area contributed by atoms with Gasteiger partial charge in [-0.05, 0) is 56.8 Å². The molecule has 2 fully saturated rings. The highest BCUT2D eigenvalue weighted by molar-refractivity contribution is 7.28. The van der Waals surface area contributed by atoms with E-state index in [2.05, 4.69) is 62.2 Å². The highest BCUT2D eigenvalue weighted by Gasteiger charge is 2.52. The van der Waals surface area contributed by atoms with Gasteiger partial charge in [0.25, 0.3) is 0 Å². The number of piperazine rings is 1. The topological polar surface area (TPSA) is 33.7 Å². The van der Waals surface area contributed by atoms with Gasteiger partial charge >= 0.3 is 7.12 Å². The Morgan fingerprint density at radius 1 is 1.08 bits per heavy atom. The van der Waals surface area contributed by atoms with Gasteiger partial charge in [-0.3, -0.25) is 4.90 Å². The van der Waals surface area contributed by atoms with Gasteiger partial charge in [-0.2, -0.15) is 0 Å². The Balaban J connectivity index is 1.54. The first-order chi connectivity index (χ1) is 11.8. The summed E-state index contributed by atoms with van der Waals surface area (Å²) in [5.74, 6) is 0. The summed E-state index contributed by atoms with van der Waals surface area (Å²) < 4.78 is 14.9. The van der Waals surface area contributed by atoms with Crippen LogP contribution >= 0.6 is 11.3 Å². The fourth-order valence-electron chi connectivity index (χ4n) is 3.41. The molecule has 0 unspecified atom stereocenters. The minimum Gasteiger partial charge on any atom is -0.399 e. The molecule has 2 aliphatic rings. The lowest BCUT2D eigenvalue weighted by molar-refractivity contribution is 0.00578. The van der Waals surface area contributed by atoms with Crippen LogP contribution in [0.1, 0.15) is 33.3 Å². The standard InChI is InChI=1S/C19H27BN2O2S/c1-18(2)19(3,4)24-20(23-18)17-12-15-11-14(5-6-16(15)25-17)13-22-9-7-21-8-10-22/h5-6,11-12,21H,7-10,13H2,1-4H3. The molecule has 4 nitrogen and oxygen atoms in total. The van der Waals surface area contributed by atoms with Crippen LogP contribution in [0.2, 0.25) is 0 Å². The summed E-state index contributed by atoms with van der Waals surface area (Å²) in [6.45, 7) is 13.9. The van der Waals surface area contributed by atoms with Crippen LogP contribution in [-0.4, -0.2) is 49.4 Å². The minimum atomic E-state index is -0.290. The number of nitrogens with one attached hydrogen (secondary N) is 1. The van der Waals surface area contributed by atoms with E-state index in [1.54, 1.807) is 11.3 Å². The van der Waals surface area contributed by atoms with Gasteiger partial charge in [-0.15, -0.1) is 11.3 Å². The zero-order valence-electron chi connectivity index (χ0n) is 15.6. The molecule has 134 valence electrons. The van der Waals surface area contributed by atoms with Crippen LogP contribution in [0, 0.1) is 0 Å². The molecule has 2 aliphatic heterocycles. The molecule has 4 rings (SSSR count). The van der Waals surface area contributed by atoms with E-state index in [0.717, 1.165) is 37.5 Å². The van der Waals surface area contributed by atoms with Crippen molar-refractivity contribution >= 4 is 33.3 Å². The van der Waals surface area contributed by atoms with Gasteiger partial charge in [0.15, 0.2) is 0 Å². The molecule has 0 bridgehead atoms. The van der Waals surface area contributed by atoms with Crippen molar-refractivity contribution in [3.8, 4) is 0 Å². The van der Waals surface area contributed by atoms with Crippen molar-refractivity contribution in [2.75, 3.05) is 26.2 Å². The molecule has 3 heterocycles. The molecule has 25 heavy (non-hydrogen) atoms. The summed E-state index contributed by atoms with van der Waals surface area (Å²) in [6, 6.07) is 9.06. The SMILES string of the molecule is CC1(C)OB(c2cc3cc(CN4CCNCC4)ccc3s2)OC1(C)C. The average molecular weight is 358 g/mol. The van der Waals surface area contributed by atoms with E-state index in [1.807, 2.05) is 0 Å². The first-order valence-electron chi connectivity index (χ1n) is 9.15. The normalized spacial score (nSPS) is 23.4. The molecule has 2 saturated heterocycles. The van der Waals surface area contributed by atoms with Crippen molar-refractivity contribution in [2.24, 2.45) is 0 Å². The molecule has 6 heteroatoms. The van der Waals surface area contributed by atoms with Crippen molar-refractivity contribution in [1.82, 2.24) is 10.2 Å². The number of hydrogen-bond donors (Lipinski definition) is 1. The van der Waals surface area contributed by atoms with Gasteiger partial charge in [-0.1, -0.05) is 6.07 Å². The molecule has 0 atom stereocenters. The number of rotatable bonds is 3. The third-order valence-corrected chi connectivity index (χ3v) is 6.84. The third-order valence-electron chi connectivity index (χ3n) is 5.70. The maximum absolute atomic E-state index is 6.20. The van der Waals surface area contributed by atoms with Gasteiger partial charge in [0.05, 0.1) is 11.2 Å². The minimum absolute atomic E-state index is 0.265. The molecule has 0 spiro atoms. The van der Waals surface area contributed by atoms with Crippen LogP contribution in [0.25, 0.3) is 10.1 Å². The van der Waals surface area contributed by atoms with Gasteiger partial charge in [0.1, 0.15) is 0 Å². The summed E-state index contributed by atoms with van der Waals surface area (Å²) in [6.07, 6.45) is 0. The van der Waals surface area contributed by atoms with E-state index in [-0.39, 0.29) is 18.3 Å².